The van der Waals surface area contributed by atoms with Crippen molar-refractivity contribution in [2.75, 3.05) is 27.4 Å². The molecule has 116 valence electrons. The predicted octanol–water partition coefficient (Wildman–Crippen LogP) is 1.27. The van der Waals surface area contributed by atoms with E-state index in [-0.39, 0.29) is 16.5 Å². The minimum Gasteiger partial charge on any atom is -0.465 e. The summed E-state index contributed by atoms with van der Waals surface area (Å²) >= 11 is 0. The molecule has 1 saturated heterocycles. The van der Waals surface area contributed by atoms with Gasteiger partial charge < -0.3 is 9.47 Å². The van der Waals surface area contributed by atoms with Crippen molar-refractivity contribution in [3.8, 4) is 0 Å². The topological polar surface area (TPSA) is 72.9 Å². The van der Waals surface area contributed by atoms with Crippen LogP contribution in [0.4, 0.5) is 0 Å². The van der Waals surface area contributed by atoms with Crippen molar-refractivity contribution in [1.82, 2.24) is 4.31 Å². The van der Waals surface area contributed by atoms with Gasteiger partial charge in [0.1, 0.15) is 0 Å². The number of esters is 1. The molecule has 1 aromatic rings. The lowest BCUT2D eigenvalue weighted by molar-refractivity contribution is 0.0591. The Kier molecular flexibility index (Phi) is 4.97. The second-order valence-corrected chi connectivity index (χ2v) is 6.82. The molecular formula is C14H19NO5S. The summed E-state index contributed by atoms with van der Waals surface area (Å²) in [5.41, 5.74) is 0.0545. The van der Waals surface area contributed by atoms with Crippen molar-refractivity contribution in [3.05, 3.63) is 29.8 Å². The number of nitrogens with zero attached hydrogens (tertiary/aromatic N) is 1. The van der Waals surface area contributed by atoms with Crippen molar-refractivity contribution in [2.45, 2.75) is 23.8 Å². The number of sulfonamides is 1. The lowest BCUT2D eigenvalue weighted by Gasteiger charge is -2.30. The Bertz CT molecular complexity index is 608. The smallest absolute Gasteiger partial charge is 0.339 e. The maximum atomic E-state index is 12.7. The summed E-state index contributed by atoms with van der Waals surface area (Å²) < 4.78 is 36.7. The second-order valence-electron chi connectivity index (χ2n) is 4.85. The van der Waals surface area contributed by atoms with E-state index in [4.69, 9.17) is 4.74 Å². The molecule has 1 aromatic carbocycles. The Morgan fingerprint density at radius 1 is 1.29 bits per heavy atom. The fourth-order valence-corrected chi connectivity index (χ4v) is 3.96. The van der Waals surface area contributed by atoms with E-state index >= 15 is 0 Å². The monoisotopic (exact) mass is 313 g/mol. The average Bonchev–Trinajstić information content (AvgIpc) is 2.54. The lowest BCUT2D eigenvalue weighted by atomic mass is 10.1. The Labute approximate surface area is 124 Å². The Morgan fingerprint density at radius 2 is 1.90 bits per heavy atom. The quantitative estimate of drug-likeness (QED) is 0.783. The van der Waals surface area contributed by atoms with Gasteiger partial charge in [0.2, 0.25) is 10.0 Å². The summed E-state index contributed by atoms with van der Waals surface area (Å²) in [5, 5.41) is 0. The molecule has 21 heavy (non-hydrogen) atoms. The highest BCUT2D eigenvalue weighted by atomic mass is 32.2. The van der Waals surface area contributed by atoms with Crippen LogP contribution in [0, 0.1) is 0 Å². The zero-order valence-electron chi connectivity index (χ0n) is 12.1. The largest absolute Gasteiger partial charge is 0.465 e. The SMILES string of the molecule is COC(=O)c1ccccc1S(=O)(=O)N(C)C1CCOCC1. The first-order chi connectivity index (χ1) is 9.98. The molecule has 0 atom stereocenters. The maximum Gasteiger partial charge on any atom is 0.339 e. The first kappa shape index (κ1) is 15.9. The van der Waals surface area contributed by atoms with E-state index in [1.807, 2.05) is 0 Å². The molecule has 0 spiro atoms. The summed E-state index contributed by atoms with van der Waals surface area (Å²) in [6.07, 6.45) is 1.30. The number of benzene rings is 1. The Morgan fingerprint density at radius 3 is 2.52 bits per heavy atom. The highest BCUT2D eigenvalue weighted by molar-refractivity contribution is 7.89. The minimum absolute atomic E-state index is 0.0224. The fraction of sp³-hybridized carbons (Fsp3) is 0.500. The highest BCUT2D eigenvalue weighted by Gasteiger charge is 2.32. The molecule has 0 bridgehead atoms. The van der Waals surface area contributed by atoms with Crippen LogP contribution in [0.2, 0.25) is 0 Å². The van der Waals surface area contributed by atoms with Crippen LogP contribution in [0.1, 0.15) is 23.2 Å². The van der Waals surface area contributed by atoms with E-state index in [9.17, 15) is 13.2 Å². The molecule has 7 heteroatoms. The molecule has 1 heterocycles. The standard InChI is InChI=1S/C14H19NO5S/c1-15(11-7-9-20-10-8-11)21(17,18)13-6-4-3-5-12(13)14(16)19-2/h3-6,11H,7-10H2,1-2H3. The van der Waals surface area contributed by atoms with Gasteiger partial charge in [-0.05, 0) is 25.0 Å². The molecule has 1 aliphatic rings. The van der Waals surface area contributed by atoms with Gasteiger partial charge in [0.05, 0.1) is 17.6 Å². The van der Waals surface area contributed by atoms with Gasteiger partial charge in [-0.25, -0.2) is 13.2 Å². The summed E-state index contributed by atoms with van der Waals surface area (Å²) in [7, 11) is -0.976. The normalized spacial score (nSPS) is 16.9. The molecule has 0 unspecified atom stereocenters. The van der Waals surface area contributed by atoms with Gasteiger partial charge >= 0.3 is 5.97 Å². The molecule has 0 N–H and O–H groups in total. The van der Waals surface area contributed by atoms with Crippen LogP contribution >= 0.6 is 0 Å². The van der Waals surface area contributed by atoms with Crippen LogP contribution in [0.25, 0.3) is 0 Å². The molecule has 0 radical (unpaired) electrons. The molecule has 0 aromatic heterocycles. The maximum absolute atomic E-state index is 12.7. The zero-order valence-corrected chi connectivity index (χ0v) is 12.9. The first-order valence-corrected chi connectivity index (χ1v) is 8.15. The molecular weight excluding hydrogens is 294 g/mol. The number of carbonyl (C=O) groups excluding carboxylic acids is 1. The van der Waals surface area contributed by atoms with Gasteiger partial charge in [0.15, 0.2) is 0 Å². The van der Waals surface area contributed by atoms with Gasteiger partial charge in [-0.15, -0.1) is 0 Å². The summed E-state index contributed by atoms with van der Waals surface area (Å²) in [4.78, 5) is 11.7. The molecule has 0 amide bonds. The van der Waals surface area contributed by atoms with E-state index in [1.165, 1.54) is 23.5 Å². The van der Waals surface area contributed by atoms with Crippen molar-refractivity contribution in [1.29, 1.82) is 0 Å². The summed E-state index contributed by atoms with van der Waals surface area (Å²) in [6, 6.07) is 5.97. The number of hydrogen-bond donors (Lipinski definition) is 0. The third-order valence-corrected chi connectivity index (χ3v) is 5.62. The lowest BCUT2D eigenvalue weighted by Crippen LogP contribution is -2.41. The van der Waals surface area contributed by atoms with Crippen LogP contribution in [0.3, 0.4) is 0 Å². The summed E-state index contributed by atoms with van der Waals surface area (Å²) in [5.74, 6) is -0.658. The van der Waals surface area contributed by atoms with E-state index in [1.54, 1.807) is 19.2 Å². The number of rotatable bonds is 4. The Balaban J connectivity index is 2.37. The molecule has 2 rings (SSSR count). The molecule has 0 saturated carbocycles. The van der Waals surface area contributed by atoms with Crippen LogP contribution in [-0.2, 0) is 19.5 Å². The summed E-state index contributed by atoms with van der Waals surface area (Å²) in [6.45, 7) is 1.09. The van der Waals surface area contributed by atoms with Gasteiger partial charge in [-0.3, -0.25) is 0 Å². The van der Waals surface area contributed by atoms with Crippen LogP contribution in [0.15, 0.2) is 29.2 Å². The minimum atomic E-state index is -3.75. The van der Waals surface area contributed by atoms with E-state index in [2.05, 4.69) is 4.74 Å². The van der Waals surface area contributed by atoms with Gasteiger partial charge in [0.25, 0.3) is 0 Å². The van der Waals surface area contributed by atoms with E-state index in [0.717, 1.165) is 0 Å². The number of carbonyl (C=O) groups is 1. The number of ether oxygens (including phenoxy) is 2. The van der Waals surface area contributed by atoms with Gasteiger partial charge in [-0.2, -0.15) is 4.31 Å². The Hall–Kier alpha value is -1.44. The fourth-order valence-electron chi connectivity index (χ4n) is 2.37. The van der Waals surface area contributed by atoms with Gasteiger partial charge in [0, 0.05) is 26.3 Å². The van der Waals surface area contributed by atoms with Crippen molar-refractivity contribution < 1.29 is 22.7 Å². The van der Waals surface area contributed by atoms with E-state index in [0.29, 0.717) is 26.1 Å². The third-order valence-electron chi connectivity index (χ3n) is 3.65. The van der Waals surface area contributed by atoms with Crippen LogP contribution in [0.5, 0.6) is 0 Å². The second kappa shape index (κ2) is 6.55. The van der Waals surface area contributed by atoms with Crippen molar-refractivity contribution in [3.63, 3.8) is 0 Å². The van der Waals surface area contributed by atoms with Crippen molar-refractivity contribution in [2.24, 2.45) is 0 Å². The van der Waals surface area contributed by atoms with Crippen molar-refractivity contribution >= 4 is 16.0 Å². The van der Waals surface area contributed by atoms with Crippen LogP contribution in [-0.4, -0.2) is 52.1 Å². The van der Waals surface area contributed by atoms with E-state index < -0.39 is 16.0 Å². The first-order valence-electron chi connectivity index (χ1n) is 6.71. The highest BCUT2D eigenvalue weighted by Crippen LogP contribution is 2.24. The molecule has 6 nitrogen and oxygen atoms in total. The molecule has 1 fully saturated rings. The number of hydrogen-bond acceptors (Lipinski definition) is 5. The third kappa shape index (κ3) is 3.25. The predicted molar refractivity (Wildman–Crippen MR) is 76.6 cm³/mol. The molecule has 1 aliphatic heterocycles. The number of methoxy groups -OCH3 is 1. The zero-order chi connectivity index (χ0) is 15.5. The van der Waals surface area contributed by atoms with Gasteiger partial charge in [-0.1, -0.05) is 12.1 Å². The molecule has 0 aliphatic carbocycles. The average molecular weight is 313 g/mol. The van der Waals surface area contributed by atoms with Crippen LogP contribution < -0.4 is 0 Å².